The van der Waals surface area contributed by atoms with Crippen LogP contribution in [0.25, 0.3) is 0 Å². The van der Waals surface area contributed by atoms with Gasteiger partial charge in [0, 0.05) is 19.1 Å². The van der Waals surface area contributed by atoms with E-state index >= 15 is 0 Å². The van der Waals surface area contributed by atoms with Crippen molar-refractivity contribution in [1.29, 1.82) is 0 Å². The Morgan fingerprint density at radius 3 is 2.33 bits per heavy atom. The molecular formula is C16H28N2. The molecule has 0 amide bonds. The van der Waals surface area contributed by atoms with E-state index in [1.54, 1.807) is 0 Å². The van der Waals surface area contributed by atoms with Crippen LogP contribution in [0.5, 0.6) is 0 Å². The van der Waals surface area contributed by atoms with Crippen LogP contribution in [0.15, 0.2) is 24.3 Å². The summed E-state index contributed by atoms with van der Waals surface area (Å²) in [6.45, 7) is 9.65. The van der Waals surface area contributed by atoms with Crippen molar-refractivity contribution in [3.63, 3.8) is 0 Å². The summed E-state index contributed by atoms with van der Waals surface area (Å²) < 4.78 is 0. The molecule has 1 rings (SSSR count). The van der Waals surface area contributed by atoms with Crippen molar-refractivity contribution < 1.29 is 0 Å². The van der Waals surface area contributed by atoms with Crippen molar-refractivity contribution in [2.45, 2.75) is 59.2 Å². The molecule has 0 heterocycles. The van der Waals surface area contributed by atoms with Crippen LogP contribution in [0, 0.1) is 0 Å². The molecule has 2 heteroatoms. The summed E-state index contributed by atoms with van der Waals surface area (Å²) in [5, 5.41) is 0. The maximum atomic E-state index is 5.81. The molecular weight excluding hydrogens is 220 g/mol. The van der Waals surface area contributed by atoms with E-state index in [1.165, 1.54) is 36.9 Å². The van der Waals surface area contributed by atoms with Crippen molar-refractivity contribution >= 4 is 0 Å². The van der Waals surface area contributed by atoms with Gasteiger partial charge in [-0.05, 0) is 37.9 Å². The van der Waals surface area contributed by atoms with E-state index < -0.39 is 0 Å². The van der Waals surface area contributed by atoms with Crippen molar-refractivity contribution in [3.05, 3.63) is 35.4 Å². The first-order valence-corrected chi connectivity index (χ1v) is 7.20. The fourth-order valence-electron chi connectivity index (χ4n) is 2.21. The zero-order valence-corrected chi connectivity index (χ0v) is 12.2. The van der Waals surface area contributed by atoms with Gasteiger partial charge in [0.1, 0.15) is 0 Å². The second-order valence-electron chi connectivity index (χ2n) is 5.24. The fourth-order valence-corrected chi connectivity index (χ4v) is 2.21. The molecule has 0 aliphatic rings. The molecule has 0 radical (unpaired) electrons. The first kappa shape index (κ1) is 15.2. The van der Waals surface area contributed by atoms with Crippen LogP contribution in [0.4, 0.5) is 0 Å². The van der Waals surface area contributed by atoms with E-state index in [4.69, 9.17) is 5.73 Å². The lowest BCUT2D eigenvalue weighted by Crippen LogP contribution is -2.31. The highest BCUT2D eigenvalue weighted by atomic mass is 15.1. The number of nitrogens with two attached hydrogens (primary N) is 1. The van der Waals surface area contributed by atoms with Gasteiger partial charge in [-0.3, -0.25) is 4.90 Å². The van der Waals surface area contributed by atoms with Crippen molar-refractivity contribution in [1.82, 2.24) is 4.90 Å². The first-order chi connectivity index (χ1) is 8.69. The minimum atomic E-state index is 0.590. The predicted octanol–water partition coefficient (Wildman–Crippen LogP) is 3.55. The largest absolute Gasteiger partial charge is 0.326 e. The van der Waals surface area contributed by atoms with Crippen LogP contribution in [0.3, 0.4) is 0 Å². The van der Waals surface area contributed by atoms with Crippen LogP contribution in [0.2, 0.25) is 0 Å². The van der Waals surface area contributed by atoms with Crippen LogP contribution in [0.1, 0.15) is 51.2 Å². The molecule has 0 unspecified atom stereocenters. The zero-order valence-electron chi connectivity index (χ0n) is 12.2. The van der Waals surface area contributed by atoms with Gasteiger partial charge in [0.05, 0.1) is 0 Å². The number of hydrogen-bond acceptors (Lipinski definition) is 2. The third-order valence-corrected chi connectivity index (χ3v) is 3.49. The lowest BCUT2D eigenvalue weighted by molar-refractivity contribution is 0.208. The summed E-state index contributed by atoms with van der Waals surface area (Å²) in [7, 11) is 0. The summed E-state index contributed by atoms with van der Waals surface area (Å²) in [5.74, 6) is 0. The molecule has 0 aliphatic carbocycles. The maximum absolute atomic E-state index is 5.81. The molecule has 102 valence electrons. The van der Waals surface area contributed by atoms with Gasteiger partial charge in [0.2, 0.25) is 0 Å². The Hall–Kier alpha value is -0.860. The SMILES string of the molecule is CCCCCN(Cc1ccccc1CN)C(C)C. The molecule has 18 heavy (non-hydrogen) atoms. The van der Waals surface area contributed by atoms with E-state index in [-0.39, 0.29) is 0 Å². The molecule has 0 saturated heterocycles. The minimum Gasteiger partial charge on any atom is -0.326 e. The van der Waals surface area contributed by atoms with Crippen molar-refractivity contribution in [2.24, 2.45) is 5.73 Å². The van der Waals surface area contributed by atoms with E-state index in [0.717, 1.165) is 6.54 Å². The van der Waals surface area contributed by atoms with E-state index in [9.17, 15) is 0 Å². The molecule has 0 saturated carbocycles. The van der Waals surface area contributed by atoms with E-state index in [1.807, 2.05) is 0 Å². The molecule has 1 aromatic carbocycles. The second-order valence-corrected chi connectivity index (χ2v) is 5.24. The number of nitrogens with zero attached hydrogens (tertiary/aromatic N) is 1. The molecule has 2 nitrogen and oxygen atoms in total. The Labute approximate surface area is 112 Å². The highest BCUT2D eigenvalue weighted by Crippen LogP contribution is 2.14. The Morgan fingerprint density at radius 1 is 1.11 bits per heavy atom. The van der Waals surface area contributed by atoms with Crippen LogP contribution in [-0.2, 0) is 13.1 Å². The standard InChI is InChI=1S/C16H28N2/c1-4-5-8-11-18(14(2)3)13-16-10-7-6-9-15(16)12-17/h6-7,9-10,14H,4-5,8,11-13,17H2,1-3H3. The average Bonchev–Trinajstić information content (AvgIpc) is 2.38. The molecule has 1 aromatic rings. The van der Waals surface area contributed by atoms with Gasteiger partial charge in [0.25, 0.3) is 0 Å². The monoisotopic (exact) mass is 248 g/mol. The molecule has 2 N–H and O–H groups in total. The molecule has 0 atom stereocenters. The van der Waals surface area contributed by atoms with Gasteiger partial charge in [-0.15, -0.1) is 0 Å². The van der Waals surface area contributed by atoms with Crippen molar-refractivity contribution in [2.75, 3.05) is 6.54 Å². The van der Waals surface area contributed by atoms with Crippen LogP contribution < -0.4 is 5.73 Å². The van der Waals surface area contributed by atoms with Gasteiger partial charge in [-0.1, -0.05) is 44.0 Å². The summed E-state index contributed by atoms with van der Waals surface area (Å²) in [5.41, 5.74) is 8.46. The first-order valence-electron chi connectivity index (χ1n) is 7.20. The third-order valence-electron chi connectivity index (χ3n) is 3.49. The minimum absolute atomic E-state index is 0.590. The maximum Gasteiger partial charge on any atom is 0.0239 e. The molecule has 0 aromatic heterocycles. The summed E-state index contributed by atoms with van der Waals surface area (Å²) >= 11 is 0. The topological polar surface area (TPSA) is 29.3 Å². The number of rotatable bonds is 8. The van der Waals surface area contributed by atoms with E-state index in [2.05, 4.69) is 49.9 Å². The summed E-state index contributed by atoms with van der Waals surface area (Å²) in [4.78, 5) is 2.55. The number of hydrogen-bond donors (Lipinski definition) is 1. The van der Waals surface area contributed by atoms with Gasteiger partial charge < -0.3 is 5.73 Å². The zero-order chi connectivity index (χ0) is 13.4. The smallest absolute Gasteiger partial charge is 0.0239 e. The molecule has 0 fully saturated rings. The quantitative estimate of drug-likeness (QED) is 0.713. The third kappa shape index (κ3) is 4.79. The highest BCUT2D eigenvalue weighted by molar-refractivity contribution is 5.26. The predicted molar refractivity (Wildman–Crippen MR) is 79.4 cm³/mol. The van der Waals surface area contributed by atoms with Gasteiger partial charge in [-0.2, -0.15) is 0 Å². The second kappa shape index (κ2) is 8.28. The van der Waals surface area contributed by atoms with E-state index in [0.29, 0.717) is 12.6 Å². The van der Waals surface area contributed by atoms with Crippen LogP contribution >= 0.6 is 0 Å². The fraction of sp³-hybridized carbons (Fsp3) is 0.625. The Morgan fingerprint density at radius 2 is 1.78 bits per heavy atom. The number of benzene rings is 1. The van der Waals surface area contributed by atoms with Gasteiger partial charge in [-0.25, -0.2) is 0 Å². The average molecular weight is 248 g/mol. The van der Waals surface area contributed by atoms with Gasteiger partial charge in [0.15, 0.2) is 0 Å². The summed E-state index contributed by atoms with van der Waals surface area (Å²) in [6, 6.07) is 9.12. The number of unbranched alkanes of at least 4 members (excludes halogenated alkanes) is 2. The van der Waals surface area contributed by atoms with Gasteiger partial charge >= 0.3 is 0 Å². The van der Waals surface area contributed by atoms with Crippen LogP contribution in [-0.4, -0.2) is 17.5 Å². The Balaban J connectivity index is 2.64. The van der Waals surface area contributed by atoms with Crippen molar-refractivity contribution in [3.8, 4) is 0 Å². The Bertz CT molecular complexity index is 334. The molecule has 0 spiro atoms. The normalized spacial score (nSPS) is 11.4. The Kier molecular flexibility index (Phi) is 6.99. The molecule has 0 bridgehead atoms. The highest BCUT2D eigenvalue weighted by Gasteiger charge is 2.11. The summed E-state index contributed by atoms with van der Waals surface area (Å²) in [6.07, 6.45) is 3.90. The molecule has 0 aliphatic heterocycles. The lowest BCUT2D eigenvalue weighted by atomic mass is 10.1. The lowest BCUT2D eigenvalue weighted by Gasteiger charge is -2.27.